The van der Waals surface area contributed by atoms with Crippen molar-refractivity contribution in [2.75, 3.05) is 0 Å². The molecule has 3 atom stereocenters. The lowest BCUT2D eigenvalue weighted by atomic mass is 9.96. The van der Waals surface area contributed by atoms with Crippen LogP contribution in [0.4, 0.5) is 4.39 Å². The van der Waals surface area contributed by atoms with Crippen molar-refractivity contribution in [1.82, 2.24) is 20.2 Å². The molecule has 7 heteroatoms. The van der Waals surface area contributed by atoms with E-state index in [-0.39, 0.29) is 35.8 Å². The van der Waals surface area contributed by atoms with Crippen molar-refractivity contribution >= 4 is 11.8 Å². The fourth-order valence-electron chi connectivity index (χ4n) is 4.14. The number of aryl methyl sites for hydroxylation is 1. The van der Waals surface area contributed by atoms with Crippen molar-refractivity contribution in [2.45, 2.75) is 50.7 Å². The highest BCUT2D eigenvalue weighted by Crippen LogP contribution is 2.37. The van der Waals surface area contributed by atoms with Crippen molar-refractivity contribution in [2.24, 2.45) is 0 Å². The summed E-state index contributed by atoms with van der Waals surface area (Å²) in [6.45, 7) is 1.82. The number of amides is 2. The van der Waals surface area contributed by atoms with E-state index in [9.17, 15) is 14.0 Å². The molecule has 0 saturated carbocycles. The molecule has 3 heterocycles. The summed E-state index contributed by atoms with van der Waals surface area (Å²) < 4.78 is 13.1. The van der Waals surface area contributed by atoms with Gasteiger partial charge in [-0.05, 0) is 56.9 Å². The van der Waals surface area contributed by atoms with Crippen molar-refractivity contribution in [3.05, 3.63) is 59.4 Å². The van der Waals surface area contributed by atoms with Crippen LogP contribution in [-0.2, 0) is 0 Å². The predicted octanol–water partition coefficient (Wildman–Crippen LogP) is 2.49. The Morgan fingerprint density at radius 1 is 1.07 bits per heavy atom. The maximum absolute atomic E-state index is 13.1. The van der Waals surface area contributed by atoms with E-state index in [4.69, 9.17) is 0 Å². The number of nitrogens with zero attached hydrogens (tertiary/aromatic N) is 3. The first kappa shape index (κ1) is 17.6. The molecule has 0 spiro atoms. The normalized spacial score (nSPS) is 23.9. The minimum absolute atomic E-state index is 0.00960. The number of carbonyl (C=O) groups is 2. The van der Waals surface area contributed by atoms with Crippen LogP contribution in [0.25, 0.3) is 0 Å². The number of carbonyl (C=O) groups excluding carboxylic acids is 2. The maximum Gasteiger partial charge on any atom is 0.271 e. The molecule has 2 amide bonds. The zero-order chi connectivity index (χ0) is 19.0. The first-order valence-corrected chi connectivity index (χ1v) is 9.19. The third-order valence-electron chi connectivity index (χ3n) is 5.41. The summed E-state index contributed by atoms with van der Waals surface area (Å²) >= 11 is 0. The van der Waals surface area contributed by atoms with Crippen LogP contribution in [0.1, 0.15) is 52.2 Å². The Labute approximate surface area is 156 Å². The standard InChI is InChI=1S/C20H21FN4O2/c1-12-10-23-18(11-22-12)19(26)24-15-8-16-6-7-17(9-15)25(16)20(27)13-2-4-14(21)5-3-13/h2-5,10-11,15-17H,6-9H2,1H3,(H,24,26)/t15?,16-,17+. The third-order valence-corrected chi connectivity index (χ3v) is 5.41. The van der Waals surface area contributed by atoms with Crippen molar-refractivity contribution in [1.29, 1.82) is 0 Å². The number of benzene rings is 1. The molecule has 0 aliphatic carbocycles. The van der Waals surface area contributed by atoms with Crippen LogP contribution < -0.4 is 5.32 Å². The van der Waals surface area contributed by atoms with Crippen molar-refractivity contribution in [3.63, 3.8) is 0 Å². The molecule has 1 unspecified atom stereocenters. The Bertz CT molecular complexity index is 839. The highest BCUT2D eigenvalue weighted by molar-refractivity contribution is 5.95. The van der Waals surface area contributed by atoms with Gasteiger partial charge in [-0.1, -0.05) is 0 Å². The topological polar surface area (TPSA) is 75.2 Å². The Morgan fingerprint density at radius 2 is 1.74 bits per heavy atom. The first-order valence-electron chi connectivity index (χ1n) is 9.19. The molecular weight excluding hydrogens is 347 g/mol. The molecule has 6 nitrogen and oxygen atoms in total. The smallest absolute Gasteiger partial charge is 0.271 e. The number of piperidine rings is 1. The molecule has 4 rings (SSSR count). The first-order chi connectivity index (χ1) is 13.0. The molecule has 27 heavy (non-hydrogen) atoms. The number of hydrogen-bond acceptors (Lipinski definition) is 4. The van der Waals surface area contributed by atoms with E-state index in [1.54, 1.807) is 6.20 Å². The summed E-state index contributed by atoms with van der Waals surface area (Å²) in [5.74, 6) is -0.642. The molecule has 2 saturated heterocycles. The summed E-state index contributed by atoms with van der Waals surface area (Å²) in [6.07, 6.45) is 6.33. The molecule has 2 bridgehead atoms. The minimum atomic E-state index is -0.352. The predicted molar refractivity (Wildman–Crippen MR) is 96.6 cm³/mol. The van der Waals surface area contributed by atoms with E-state index < -0.39 is 0 Å². The van der Waals surface area contributed by atoms with Gasteiger partial charge in [0.25, 0.3) is 11.8 Å². The average Bonchev–Trinajstić information content (AvgIpc) is 2.93. The van der Waals surface area contributed by atoms with Crippen LogP contribution in [0.2, 0.25) is 0 Å². The van der Waals surface area contributed by atoms with Gasteiger partial charge in [-0.15, -0.1) is 0 Å². The number of halogens is 1. The van der Waals surface area contributed by atoms with E-state index in [0.29, 0.717) is 24.1 Å². The number of aromatic nitrogens is 2. The van der Waals surface area contributed by atoms with Crippen molar-refractivity contribution in [3.8, 4) is 0 Å². The van der Waals surface area contributed by atoms with Gasteiger partial charge in [0.15, 0.2) is 0 Å². The summed E-state index contributed by atoms with van der Waals surface area (Å²) in [4.78, 5) is 35.4. The molecule has 2 aliphatic rings. The molecule has 2 aromatic rings. The molecule has 1 N–H and O–H groups in total. The fraction of sp³-hybridized carbons (Fsp3) is 0.400. The van der Waals surface area contributed by atoms with Crippen LogP contribution in [0.5, 0.6) is 0 Å². The largest absolute Gasteiger partial charge is 0.348 e. The van der Waals surface area contributed by atoms with E-state index in [0.717, 1.165) is 18.5 Å². The second-order valence-electron chi connectivity index (χ2n) is 7.29. The van der Waals surface area contributed by atoms with Crippen LogP contribution in [-0.4, -0.2) is 44.8 Å². The molecule has 2 fully saturated rings. The molecule has 0 radical (unpaired) electrons. The number of nitrogens with one attached hydrogen (secondary N) is 1. The van der Waals surface area contributed by atoms with Gasteiger partial charge in [-0.25, -0.2) is 9.37 Å². The fourth-order valence-corrected chi connectivity index (χ4v) is 4.14. The lowest BCUT2D eigenvalue weighted by molar-refractivity contribution is 0.0549. The van der Waals surface area contributed by atoms with Gasteiger partial charge in [-0.2, -0.15) is 0 Å². The summed E-state index contributed by atoms with van der Waals surface area (Å²) in [7, 11) is 0. The minimum Gasteiger partial charge on any atom is -0.348 e. The van der Waals surface area contributed by atoms with Crippen LogP contribution >= 0.6 is 0 Å². The molecule has 140 valence electrons. The Balaban J connectivity index is 1.42. The van der Waals surface area contributed by atoms with Gasteiger partial charge >= 0.3 is 0 Å². The third kappa shape index (κ3) is 3.54. The van der Waals surface area contributed by atoms with E-state index in [2.05, 4.69) is 15.3 Å². The average molecular weight is 368 g/mol. The second kappa shape index (κ2) is 7.06. The van der Waals surface area contributed by atoms with E-state index >= 15 is 0 Å². The highest BCUT2D eigenvalue weighted by Gasteiger charge is 2.43. The van der Waals surface area contributed by atoms with Gasteiger partial charge in [0.2, 0.25) is 0 Å². The molecule has 1 aromatic heterocycles. The van der Waals surface area contributed by atoms with Crippen LogP contribution in [0.15, 0.2) is 36.7 Å². The van der Waals surface area contributed by atoms with Crippen LogP contribution in [0.3, 0.4) is 0 Å². The Morgan fingerprint density at radius 3 is 2.33 bits per heavy atom. The number of rotatable bonds is 3. The van der Waals surface area contributed by atoms with Gasteiger partial charge in [0, 0.05) is 29.9 Å². The monoisotopic (exact) mass is 368 g/mol. The van der Waals surface area contributed by atoms with Crippen molar-refractivity contribution < 1.29 is 14.0 Å². The quantitative estimate of drug-likeness (QED) is 0.903. The number of fused-ring (bicyclic) bond motifs is 2. The van der Waals surface area contributed by atoms with E-state index in [1.165, 1.54) is 30.5 Å². The molecule has 2 aliphatic heterocycles. The van der Waals surface area contributed by atoms with E-state index in [1.807, 2.05) is 11.8 Å². The van der Waals surface area contributed by atoms with Gasteiger partial charge < -0.3 is 10.2 Å². The number of hydrogen-bond donors (Lipinski definition) is 1. The highest BCUT2D eigenvalue weighted by atomic mass is 19.1. The second-order valence-corrected chi connectivity index (χ2v) is 7.29. The van der Waals surface area contributed by atoms with Crippen LogP contribution in [0, 0.1) is 12.7 Å². The summed E-state index contributed by atoms with van der Waals surface area (Å²) in [5.41, 5.74) is 1.57. The lowest BCUT2D eigenvalue weighted by Crippen LogP contribution is -2.52. The maximum atomic E-state index is 13.1. The SMILES string of the molecule is Cc1cnc(C(=O)NC2C[C@H]3CC[C@@H](C2)N3C(=O)c2ccc(F)cc2)cn1. The van der Waals surface area contributed by atoms with Gasteiger partial charge in [0.1, 0.15) is 11.5 Å². The zero-order valence-electron chi connectivity index (χ0n) is 15.1. The zero-order valence-corrected chi connectivity index (χ0v) is 15.1. The Hall–Kier alpha value is -2.83. The summed E-state index contributed by atoms with van der Waals surface area (Å²) in [5, 5.41) is 3.03. The Kier molecular flexibility index (Phi) is 4.59. The van der Waals surface area contributed by atoms with Gasteiger partial charge in [-0.3, -0.25) is 14.6 Å². The molecule has 1 aromatic carbocycles. The summed E-state index contributed by atoms with van der Waals surface area (Å²) in [6, 6.07) is 5.87. The molecular formula is C20H21FN4O2. The van der Waals surface area contributed by atoms with Gasteiger partial charge in [0.05, 0.1) is 11.9 Å². The lowest BCUT2D eigenvalue weighted by Gasteiger charge is -2.39.